The summed E-state index contributed by atoms with van der Waals surface area (Å²) in [5, 5.41) is 10.8. The number of aromatic hydroxyl groups is 1. The summed E-state index contributed by atoms with van der Waals surface area (Å²) >= 11 is 0. The highest BCUT2D eigenvalue weighted by molar-refractivity contribution is 6.07. The van der Waals surface area contributed by atoms with Gasteiger partial charge in [0.05, 0.1) is 6.61 Å². The second-order valence-electron chi connectivity index (χ2n) is 4.68. The van der Waals surface area contributed by atoms with Gasteiger partial charge in [0.25, 0.3) is 0 Å². The normalized spacial score (nSPS) is 11.0. The van der Waals surface area contributed by atoms with Gasteiger partial charge in [-0.15, -0.1) is 0 Å². The van der Waals surface area contributed by atoms with Gasteiger partial charge in [-0.3, -0.25) is 0 Å². The Morgan fingerprint density at radius 1 is 1.16 bits per heavy atom. The molecule has 0 aliphatic rings. The maximum atomic E-state index is 12.0. The Kier molecular flexibility index (Phi) is 3.27. The predicted molar refractivity (Wildman–Crippen MR) is 72.8 cm³/mol. The Hall–Kier alpha value is -1.97. The van der Waals surface area contributed by atoms with Crippen molar-refractivity contribution in [2.75, 3.05) is 6.61 Å². The number of ether oxygens (including phenoxy) is 1. The molecule has 0 atom stereocenters. The highest BCUT2D eigenvalue weighted by Gasteiger charge is 2.24. The molecule has 2 rings (SSSR count). The lowest BCUT2D eigenvalue weighted by Crippen LogP contribution is -2.06. The molecule has 0 aliphatic heterocycles. The van der Waals surface area contributed by atoms with E-state index in [1.807, 2.05) is 13.8 Å². The second-order valence-corrected chi connectivity index (χ2v) is 4.68. The quantitative estimate of drug-likeness (QED) is 0.841. The van der Waals surface area contributed by atoms with Gasteiger partial charge in [0, 0.05) is 10.9 Å². The summed E-state index contributed by atoms with van der Waals surface area (Å²) in [5.41, 5.74) is 3.32. The lowest BCUT2D eigenvalue weighted by Gasteiger charge is -2.09. The average Bonchev–Trinajstić information content (AvgIpc) is 2.72. The van der Waals surface area contributed by atoms with Crippen LogP contribution in [0.3, 0.4) is 0 Å². The fourth-order valence-electron chi connectivity index (χ4n) is 2.36. The van der Waals surface area contributed by atoms with Crippen molar-refractivity contribution in [3.05, 3.63) is 28.0 Å². The van der Waals surface area contributed by atoms with E-state index in [2.05, 4.69) is 0 Å². The van der Waals surface area contributed by atoms with Gasteiger partial charge in [-0.05, 0) is 45.7 Å². The first-order valence-corrected chi connectivity index (χ1v) is 6.29. The summed E-state index contributed by atoms with van der Waals surface area (Å²) in [6, 6.07) is 0. The summed E-state index contributed by atoms with van der Waals surface area (Å²) < 4.78 is 10.8. The van der Waals surface area contributed by atoms with E-state index >= 15 is 0 Å². The molecule has 1 N–H and O–H groups in total. The molecule has 2 aromatic rings. The summed E-state index contributed by atoms with van der Waals surface area (Å²) in [4.78, 5) is 12.0. The standard InChI is InChI=1S/C15H18O4/c1-6-18-15(17)12-10(5)19-14-8(3)7(2)13(16)9(4)11(12)14/h16H,6H2,1-5H3. The van der Waals surface area contributed by atoms with Gasteiger partial charge < -0.3 is 14.3 Å². The average molecular weight is 262 g/mol. The van der Waals surface area contributed by atoms with Gasteiger partial charge in [-0.25, -0.2) is 4.79 Å². The first-order valence-electron chi connectivity index (χ1n) is 6.29. The molecular formula is C15H18O4. The highest BCUT2D eigenvalue weighted by Crippen LogP contribution is 2.38. The molecule has 102 valence electrons. The van der Waals surface area contributed by atoms with Gasteiger partial charge in [0.1, 0.15) is 22.7 Å². The van der Waals surface area contributed by atoms with Gasteiger partial charge in [0.2, 0.25) is 0 Å². The summed E-state index contributed by atoms with van der Waals surface area (Å²) in [7, 11) is 0. The van der Waals surface area contributed by atoms with Crippen LogP contribution in [-0.4, -0.2) is 17.7 Å². The van der Waals surface area contributed by atoms with Crippen molar-refractivity contribution in [3.63, 3.8) is 0 Å². The molecule has 19 heavy (non-hydrogen) atoms. The fourth-order valence-corrected chi connectivity index (χ4v) is 2.36. The van der Waals surface area contributed by atoms with Crippen molar-refractivity contribution >= 4 is 16.9 Å². The molecule has 0 saturated carbocycles. The fraction of sp³-hybridized carbons (Fsp3) is 0.400. The first-order chi connectivity index (χ1) is 8.90. The number of esters is 1. The highest BCUT2D eigenvalue weighted by atomic mass is 16.5. The monoisotopic (exact) mass is 262 g/mol. The Morgan fingerprint density at radius 3 is 2.37 bits per heavy atom. The van der Waals surface area contributed by atoms with Crippen molar-refractivity contribution in [2.24, 2.45) is 0 Å². The van der Waals surface area contributed by atoms with E-state index in [0.29, 0.717) is 34.5 Å². The lowest BCUT2D eigenvalue weighted by molar-refractivity contribution is 0.0526. The van der Waals surface area contributed by atoms with Crippen LogP contribution < -0.4 is 0 Å². The van der Waals surface area contributed by atoms with Crippen LogP contribution in [0.15, 0.2) is 4.42 Å². The van der Waals surface area contributed by atoms with Crippen LogP contribution in [0.25, 0.3) is 11.0 Å². The van der Waals surface area contributed by atoms with Crippen LogP contribution in [0.4, 0.5) is 0 Å². The van der Waals surface area contributed by atoms with Crippen molar-refractivity contribution < 1.29 is 19.1 Å². The van der Waals surface area contributed by atoms with Crippen LogP contribution in [0.5, 0.6) is 5.75 Å². The smallest absolute Gasteiger partial charge is 0.342 e. The van der Waals surface area contributed by atoms with Crippen molar-refractivity contribution in [1.29, 1.82) is 0 Å². The number of rotatable bonds is 2. The molecule has 0 saturated heterocycles. The molecule has 4 nitrogen and oxygen atoms in total. The third-order valence-electron chi connectivity index (χ3n) is 3.55. The van der Waals surface area contributed by atoms with Crippen LogP contribution in [0.1, 0.15) is 39.7 Å². The Morgan fingerprint density at radius 2 is 1.79 bits per heavy atom. The molecule has 0 radical (unpaired) electrons. The molecule has 0 unspecified atom stereocenters. The maximum absolute atomic E-state index is 12.0. The number of hydrogen-bond donors (Lipinski definition) is 1. The molecule has 1 aromatic carbocycles. The Balaban J connectivity index is 2.87. The number of benzene rings is 1. The molecule has 0 bridgehead atoms. The van der Waals surface area contributed by atoms with E-state index in [4.69, 9.17) is 9.15 Å². The lowest BCUT2D eigenvalue weighted by atomic mass is 9.98. The van der Waals surface area contributed by atoms with Crippen LogP contribution >= 0.6 is 0 Å². The Bertz CT molecular complexity index is 665. The third kappa shape index (κ3) is 1.87. The molecule has 0 fully saturated rings. The third-order valence-corrected chi connectivity index (χ3v) is 3.55. The van der Waals surface area contributed by atoms with E-state index in [1.54, 1.807) is 20.8 Å². The van der Waals surface area contributed by atoms with Gasteiger partial charge in [-0.1, -0.05) is 0 Å². The van der Waals surface area contributed by atoms with Crippen LogP contribution in [0.2, 0.25) is 0 Å². The summed E-state index contributed by atoms with van der Waals surface area (Å²) in [6.45, 7) is 9.28. The number of aryl methyl sites for hydroxylation is 3. The number of hydrogen-bond acceptors (Lipinski definition) is 4. The second kappa shape index (κ2) is 4.61. The first kappa shape index (κ1) is 13.5. The molecule has 0 spiro atoms. The van der Waals surface area contributed by atoms with Crippen molar-refractivity contribution in [1.82, 2.24) is 0 Å². The zero-order chi connectivity index (χ0) is 14.3. The summed E-state index contributed by atoms with van der Waals surface area (Å²) in [6.07, 6.45) is 0. The molecule has 0 aliphatic carbocycles. The van der Waals surface area contributed by atoms with Gasteiger partial charge >= 0.3 is 5.97 Å². The van der Waals surface area contributed by atoms with Gasteiger partial charge in [0.15, 0.2) is 0 Å². The van der Waals surface area contributed by atoms with E-state index in [0.717, 1.165) is 11.1 Å². The molecule has 1 heterocycles. The number of phenolic OH excluding ortho intramolecular Hbond substituents is 1. The SMILES string of the molecule is CCOC(=O)c1c(C)oc2c(C)c(C)c(O)c(C)c12. The minimum absolute atomic E-state index is 0.205. The minimum atomic E-state index is -0.412. The van der Waals surface area contributed by atoms with Crippen molar-refractivity contribution in [2.45, 2.75) is 34.6 Å². The van der Waals surface area contributed by atoms with Crippen LogP contribution in [-0.2, 0) is 4.74 Å². The van der Waals surface area contributed by atoms with E-state index in [1.165, 1.54) is 0 Å². The van der Waals surface area contributed by atoms with Crippen molar-refractivity contribution in [3.8, 4) is 5.75 Å². The maximum Gasteiger partial charge on any atom is 0.342 e. The minimum Gasteiger partial charge on any atom is -0.507 e. The molecule has 1 aromatic heterocycles. The number of fused-ring (bicyclic) bond motifs is 1. The largest absolute Gasteiger partial charge is 0.507 e. The zero-order valence-electron chi connectivity index (χ0n) is 11.9. The summed E-state index contributed by atoms with van der Waals surface area (Å²) in [5.74, 6) is 0.311. The van der Waals surface area contributed by atoms with Crippen LogP contribution in [0, 0.1) is 27.7 Å². The number of carbonyl (C=O) groups excluding carboxylic acids is 1. The predicted octanol–water partition coefficient (Wildman–Crippen LogP) is 3.55. The molecular weight excluding hydrogens is 244 g/mol. The molecule has 0 amide bonds. The number of furan rings is 1. The number of phenols is 1. The van der Waals surface area contributed by atoms with E-state index in [-0.39, 0.29) is 5.75 Å². The van der Waals surface area contributed by atoms with E-state index in [9.17, 15) is 9.90 Å². The molecule has 4 heteroatoms. The zero-order valence-corrected chi connectivity index (χ0v) is 11.9. The number of carbonyl (C=O) groups is 1. The Labute approximate surface area is 112 Å². The van der Waals surface area contributed by atoms with E-state index < -0.39 is 5.97 Å². The topological polar surface area (TPSA) is 59.7 Å². The van der Waals surface area contributed by atoms with Gasteiger partial charge in [-0.2, -0.15) is 0 Å².